The number of nitriles is 2. The molecule has 0 heterocycles. The summed E-state index contributed by atoms with van der Waals surface area (Å²) in [6.45, 7) is 0. The lowest BCUT2D eigenvalue weighted by molar-refractivity contribution is -0.135. The van der Waals surface area contributed by atoms with Crippen LogP contribution in [0.1, 0.15) is 11.1 Å². The van der Waals surface area contributed by atoms with Gasteiger partial charge in [-0.1, -0.05) is 24.3 Å². The molecule has 2 aromatic rings. The number of esters is 2. The van der Waals surface area contributed by atoms with Gasteiger partial charge >= 0.3 is 11.9 Å². The molecule has 0 radical (unpaired) electrons. The minimum atomic E-state index is -0.835. The first-order valence-electron chi connectivity index (χ1n) is 8.29. The Morgan fingerprint density at radius 2 is 1.45 bits per heavy atom. The summed E-state index contributed by atoms with van der Waals surface area (Å²) in [5, 5.41) is 18.3. The summed E-state index contributed by atoms with van der Waals surface area (Å²) in [7, 11) is 2.71. The van der Waals surface area contributed by atoms with E-state index in [-0.39, 0.29) is 16.9 Å². The summed E-state index contributed by atoms with van der Waals surface area (Å²) in [6, 6.07) is 16.5. The van der Waals surface area contributed by atoms with Gasteiger partial charge in [-0.15, -0.1) is 0 Å². The lowest BCUT2D eigenvalue weighted by Gasteiger charge is -2.05. The van der Waals surface area contributed by atoms with Gasteiger partial charge in [0.15, 0.2) is 0 Å². The minimum absolute atomic E-state index is 0.154. The van der Waals surface area contributed by atoms with Crippen LogP contribution < -0.4 is 9.47 Å². The molecule has 7 nitrogen and oxygen atoms in total. The van der Waals surface area contributed by atoms with Crippen LogP contribution in [0.5, 0.6) is 11.5 Å². The molecule has 0 unspecified atom stereocenters. The summed E-state index contributed by atoms with van der Waals surface area (Å²) in [6.07, 6.45) is 2.71. The van der Waals surface area contributed by atoms with Crippen LogP contribution in [0.25, 0.3) is 12.2 Å². The van der Waals surface area contributed by atoms with E-state index in [0.717, 1.165) is 0 Å². The molecule has 0 fully saturated rings. The zero-order chi connectivity index (χ0) is 21.2. The highest BCUT2D eigenvalue weighted by Crippen LogP contribution is 2.19. The van der Waals surface area contributed by atoms with Crippen molar-refractivity contribution in [2.24, 2.45) is 0 Å². The monoisotopic (exact) mass is 388 g/mol. The van der Waals surface area contributed by atoms with Gasteiger partial charge in [0.05, 0.1) is 14.2 Å². The summed E-state index contributed by atoms with van der Waals surface area (Å²) >= 11 is 0. The Morgan fingerprint density at radius 3 is 2.03 bits per heavy atom. The maximum Gasteiger partial charge on any atom is 0.354 e. The van der Waals surface area contributed by atoms with E-state index >= 15 is 0 Å². The zero-order valence-electron chi connectivity index (χ0n) is 15.7. The number of carbonyl (C=O) groups is 2. The first-order valence-corrected chi connectivity index (χ1v) is 8.29. The van der Waals surface area contributed by atoms with Gasteiger partial charge in [-0.05, 0) is 47.5 Å². The van der Waals surface area contributed by atoms with Crippen molar-refractivity contribution in [1.29, 1.82) is 10.5 Å². The molecule has 2 rings (SSSR count). The lowest BCUT2D eigenvalue weighted by Crippen LogP contribution is -2.10. The maximum absolute atomic E-state index is 12.3. The second-order valence-electron chi connectivity index (χ2n) is 5.57. The van der Waals surface area contributed by atoms with E-state index in [1.165, 1.54) is 38.5 Å². The molecule has 0 aliphatic heterocycles. The van der Waals surface area contributed by atoms with Gasteiger partial charge in [-0.3, -0.25) is 0 Å². The number of hydrogen-bond donors (Lipinski definition) is 0. The van der Waals surface area contributed by atoms with Crippen LogP contribution in [0.15, 0.2) is 59.7 Å². The maximum atomic E-state index is 12.3. The van der Waals surface area contributed by atoms with E-state index in [0.29, 0.717) is 16.9 Å². The summed E-state index contributed by atoms with van der Waals surface area (Å²) in [5.41, 5.74) is 0.694. The van der Waals surface area contributed by atoms with Crippen molar-refractivity contribution in [2.45, 2.75) is 0 Å². The van der Waals surface area contributed by atoms with Crippen LogP contribution in [0.2, 0.25) is 0 Å². The predicted octanol–water partition coefficient (Wildman–Crippen LogP) is 3.29. The quantitative estimate of drug-likeness (QED) is 0.323. The van der Waals surface area contributed by atoms with Crippen molar-refractivity contribution < 1.29 is 23.8 Å². The molecule has 0 N–H and O–H groups in total. The van der Waals surface area contributed by atoms with Crippen LogP contribution in [0.4, 0.5) is 0 Å². The third kappa shape index (κ3) is 5.81. The Balaban J connectivity index is 2.22. The number of benzene rings is 2. The second kappa shape index (κ2) is 10.1. The first kappa shape index (κ1) is 20.9. The molecule has 0 saturated heterocycles. The first-order chi connectivity index (χ1) is 14.0. The third-order valence-corrected chi connectivity index (χ3v) is 3.67. The molecule has 0 atom stereocenters. The van der Waals surface area contributed by atoms with Crippen molar-refractivity contribution in [3.05, 3.63) is 70.8 Å². The number of methoxy groups -OCH3 is 2. The highest BCUT2D eigenvalue weighted by molar-refractivity contribution is 5.99. The molecule has 0 aliphatic carbocycles. The van der Waals surface area contributed by atoms with E-state index in [1.54, 1.807) is 42.5 Å². The largest absolute Gasteiger partial charge is 0.497 e. The molecule has 29 heavy (non-hydrogen) atoms. The summed E-state index contributed by atoms with van der Waals surface area (Å²) < 4.78 is 14.8. The van der Waals surface area contributed by atoms with Crippen molar-refractivity contribution in [1.82, 2.24) is 0 Å². The fourth-order valence-corrected chi connectivity index (χ4v) is 2.25. The van der Waals surface area contributed by atoms with Crippen LogP contribution >= 0.6 is 0 Å². The van der Waals surface area contributed by atoms with Crippen LogP contribution in [0.3, 0.4) is 0 Å². The fourth-order valence-electron chi connectivity index (χ4n) is 2.25. The third-order valence-electron chi connectivity index (χ3n) is 3.67. The topological polar surface area (TPSA) is 109 Å². The van der Waals surface area contributed by atoms with Crippen LogP contribution in [0, 0.1) is 22.7 Å². The van der Waals surface area contributed by atoms with Crippen molar-refractivity contribution in [2.75, 3.05) is 14.2 Å². The number of carbonyl (C=O) groups excluding carboxylic acids is 2. The van der Waals surface area contributed by atoms with E-state index in [4.69, 9.17) is 14.7 Å². The Kier molecular flexibility index (Phi) is 7.29. The normalized spacial score (nSPS) is 11.0. The van der Waals surface area contributed by atoms with E-state index in [9.17, 15) is 14.9 Å². The SMILES string of the molecule is COC(=O)/C(C#N)=C/c1cccc(OC(=O)/C(C#N)=C/c2ccc(OC)cc2)c1. The smallest absolute Gasteiger partial charge is 0.354 e. The summed E-state index contributed by atoms with van der Waals surface area (Å²) in [4.78, 5) is 23.8. The Hall–Kier alpha value is -4.36. The highest BCUT2D eigenvalue weighted by Gasteiger charge is 2.13. The number of ether oxygens (including phenoxy) is 3. The lowest BCUT2D eigenvalue weighted by atomic mass is 10.1. The van der Waals surface area contributed by atoms with E-state index in [2.05, 4.69) is 4.74 Å². The van der Waals surface area contributed by atoms with Crippen LogP contribution in [-0.4, -0.2) is 26.2 Å². The fraction of sp³-hybridized carbons (Fsp3) is 0.0909. The molecule has 7 heteroatoms. The number of rotatable bonds is 6. The van der Waals surface area contributed by atoms with Crippen LogP contribution in [-0.2, 0) is 14.3 Å². The average molecular weight is 388 g/mol. The molecule has 0 amide bonds. The molecule has 0 spiro atoms. The Labute approximate surface area is 167 Å². The van der Waals surface area contributed by atoms with Gasteiger partial charge < -0.3 is 14.2 Å². The van der Waals surface area contributed by atoms with Gasteiger partial charge in [0.1, 0.15) is 34.8 Å². The van der Waals surface area contributed by atoms with E-state index in [1.807, 2.05) is 6.07 Å². The molecular formula is C22H16N2O5. The number of hydrogen-bond acceptors (Lipinski definition) is 7. The average Bonchev–Trinajstić information content (AvgIpc) is 2.75. The van der Waals surface area contributed by atoms with Crippen molar-refractivity contribution >= 4 is 24.1 Å². The molecule has 144 valence electrons. The Bertz CT molecular complexity index is 1050. The van der Waals surface area contributed by atoms with Gasteiger partial charge in [-0.2, -0.15) is 10.5 Å². The highest BCUT2D eigenvalue weighted by atomic mass is 16.5. The summed E-state index contributed by atoms with van der Waals surface area (Å²) in [5.74, 6) is -0.805. The van der Waals surface area contributed by atoms with Gasteiger partial charge in [0, 0.05) is 0 Å². The van der Waals surface area contributed by atoms with Crippen molar-refractivity contribution in [3.63, 3.8) is 0 Å². The number of nitrogens with zero attached hydrogens (tertiary/aromatic N) is 2. The van der Waals surface area contributed by atoms with Gasteiger partial charge in [-0.25, -0.2) is 9.59 Å². The van der Waals surface area contributed by atoms with Gasteiger partial charge in [0.2, 0.25) is 0 Å². The Morgan fingerprint density at radius 1 is 0.828 bits per heavy atom. The molecule has 0 aliphatic rings. The van der Waals surface area contributed by atoms with E-state index < -0.39 is 11.9 Å². The molecule has 0 saturated carbocycles. The molecule has 0 aromatic heterocycles. The predicted molar refractivity (Wildman–Crippen MR) is 104 cm³/mol. The molecular weight excluding hydrogens is 372 g/mol. The standard InChI is InChI=1S/C22H16N2O5/c1-27-19-8-6-15(7-9-19)10-18(14-24)22(26)29-20-5-3-4-16(12-20)11-17(13-23)21(25)28-2/h3-12H,1-2H3/b17-11+,18-10+. The zero-order valence-corrected chi connectivity index (χ0v) is 15.7. The minimum Gasteiger partial charge on any atom is -0.497 e. The molecule has 2 aromatic carbocycles. The molecule has 0 bridgehead atoms. The second-order valence-corrected chi connectivity index (χ2v) is 5.57. The van der Waals surface area contributed by atoms with Gasteiger partial charge in [0.25, 0.3) is 0 Å². The van der Waals surface area contributed by atoms with Crippen molar-refractivity contribution in [3.8, 4) is 23.6 Å².